The highest BCUT2D eigenvalue weighted by Crippen LogP contribution is 2.60. The molecule has 4 heterocycles. The average Bonchev–Trinajstić information content (AvgIpc) is 3.89. The molecule has 0 aliphatic heterocycles. The topological polar surface area (TPSA) is 43.9 Å². The van der Waals surface area contributed by atoms with Crippen molar-refractivity contribution in [3.8, 4) is 39.3 Å². The van der Waals surface area contributed by atoms with Crippen LogP contribution in [0.3, 0.4) is 0 Å². The Kier molecular flexibility index (Phi) is 6.62. The zero-order chi connectivity index (χ0) is 38.7. The van der Waals surface area contributed by atoms with Crippen LogP contribution in [0, 0.1) is 0 Å². The summed E-state index contributed by atoms with van der Waals surface area (Å²) in [6.45, 7) is 0. The molecule has 274 valence electrons. The highest BCUT2D eigenvalue weighted by Gasteiger charge is 2.49. The van der Waals surface area contributed by atoms with Crippen molar-refractivity contribution in [2.24, 2.45) is 0 Å². The largest absolute Gasteiger partial charge is 0.456 e. The summed E-state index contributed by atoms with van der Waals surface area (Å²) in [5.74, 6) is 0.865. The number of fused-ring (bicyclic) bond motifs is 15. The Hall–Kier alpha value is -7.82. The fourth-order valence-electron chi connectivity index (χ4n) is 10.2. The van der Waals surface area contributed by atoms with Crippen molar-refractivity contribution in [2.45, 2.75) is 5.41 Å². The van der Waals surface area contributed by atoms with Gasteiger partial charge in [-0.2, -0.15) is 0 Å². The molecule has 1 unspecified atom stereocenters. The monoisotopic (exact) mass is 751 g/mol. The van der Waals surface area contributed by atoms with E-state index in [2.05, 4.69) is 174 Å². The van der Waals surface area contributed by atoms with Crippen LogP contribution in [0.2, 0.25) is 0 Å². The Morgan fingerprint density at radius 3 is 2.08 bits per heavy atom. The van der Waals surface area contributed by atoms with Gasteiger partial charge in [0.05, 0.1) is 27.7 Å². The molecule has 2 aliphatic rings. The van der Waals surface area contributed by atoms with E-state index in [0.29, 0.717) is 0 Å². The molecule has 4 heteroatoms. The predicted molar refractivity (Wildman–Crippen MR) is 241 cm³/mol. The van der Waals surface area contributed by atoms with Crippen molar-refractivity contribution in [2.75, 3.05) is 0 Å². The predicted octanol–water partition coefficient (Wildman–Crippen LogP) is 13.7. The lowest BCUT2D eigenvalue weighted by Crippen LogP contribution is -2.30. The van der Waals surface area contributed by atoms with Crippen LogP contribution in [0.1, 0.15) is 33.4 Å². The van der Waals surface area contributed by atoms with E-state index < -0.39 is 5.41 Å². The maximum Gasteiger partial charge on any atom is 0.137 e. The van der Waals surface area contributed by atoms with E-state index in [-0.39, 0.29) is 0 Å². The maximum atomic E-state index is 6.63. The summed E-state index contributed by atoms with van der Waals surface area (Å²) in [6, 6.07) is 65.6. The van der Waals surface area contributed by atoms with Gasteiger partial charge in [0.2, 0.25) is 0 Å². The Bertz CT molecular complexity index is 3560. The highest BCUT2D eigenvalue weighted by atomic mass is 16.3. The van der Waals surface area contributed by atoms with Crippen LogP contribution in [0.4, 0.5) is 0 Å². The second-order valence-electron chi connectivity index (χ2n) is 15.7. The molecule has 11 aromatic rings. The quantitative estimate of drug-likeness (QED) is 0.181. The number of nitrogens with zero attached hydrogens (tertiary/aromatic N) is 3. The number of para-hydroxylation sites is 1. The molecule has 1 spiro atoms. The molecule has 13 rings (SSSR count). The van der Waals surface area contributed by atoms with Crippen molar-refractivity contribution < 1.29 is 4.42 Å². The number of aromatic nitrogens is 3. The number of hydrogen-bond donors (Lipinski definition) is 0. The lowest BCUT2D eigenvalue weighted by atomic mass is 9.65. The second-order valence-corrected chi connectivity index (χ2v) is 15.7. The minimum atomic E-state index is -0.601. The van der Waals surface area contributed by atoms with Crippen LogP contribution in [0.15, 0.2) is 193 Å². The van der Waals surface area contributed by atoms with Gasteiger partial charge in [0.1, 0.15) is 17.0 Å². The van der Waals surface area contributed by atoms with Gasteiger partial charge in [0.15, 0.2) is 0 Å². The summed E-state index contributed by atoms with van der Waals surface area (Å²) in [4.78, 5) is 10.1. The molecule has 1 atom stereocenters. The molecule has 0 saturated heterocycles. The Morgan fingerprint density at radius 2 is 1.19 bits per heavy atom. The Balaban J connectivity index is 1.08. The van der Waals surface area contributed by atoms with Crippen molar-refractivity contribution in [1.82, 2.24) is 14.5 Å². The standard InChI is InChI=1S/C55H33N3O/c1-2-13-36(14-3-1)48-26-28-50-54(57-48)43-30-37(25-27-49(43)58(50)53-20-10-11-29-56-53)38-24-23-35-22-21-34-12-4-7-17-44(34)55(46(35)31-38)45-18-8-5-15-39(45)41-32-42-40-16-6-9-19-51(40)59-52(42)33-47(41)55/h1-33H. The first-order valence-corrected chi connectivity index (χ1v) is 20.1. The van der Waals surface area contributed by atoms with E-state index in [1.54, 1.807) is 0 Å². The molecule has 59 heavy (non-hydrogen) atoms. The molecule has 4 aromatic heterocycles. The maximum absolute atomic E-state index is 6.63. The van der Waals surface area contributed by atoms with Crippen molar-refractivity contribution >= 4 is 56.0 Å². The van der Waals surface area contributed by atoms with Crippen LogP contribution in [-0.2, 0) is 5.41 Å². The summed E-state index contributed by atoms with van der Waals surface area (Å²) >= 11 is 0. The van der Waals surface area contributed by atoms with E-state index in [0.717, 1.165) is 72.1 Å². The molecule has 0 N–H and O–H groups in total. The number of benzene rings is 7. The number of pyridine rings is 2. The molecule has 4 nitrogen and oxygen atoms in total. The molecular weight excluding hydrogens is 719 g/mol. The van der Waals surface area contributed by atoms with Crippen molar-refractivity contribution in [3.63, 3.8) is 0 Å². The second kappa shape index (κ2) is 12.1. The third kappa shape index (κ3) is 4.48. The smallest absolute Gasteiger partial charge is 0.137 e. The highest BCUT2D eigenvalue weighted by molar-refractivity contribution is 6.10. The first-order valence-electron chi connectivity index (χ1n) is 20.1. The van der Waals surface area contributed by atoms with Crippen LogP contribution >= 0.6 is 0 Å². The van der Waals surface area contributed by atoms with Gasteiger partial charge in [-0.1, -0.05) is 133 Å². The van der Waals surface area contributed by atoms with Gasteiger partial charge in [-0.05, 0) is 116 Å². The number of furan rings is 1. The molecule has 7 aromatic carbocycles. The van der Waals surface area contributed by atoms with Gasteiger partial charge in [-0.15, -0.1) is 0 Å². The number of hydrogen-bond acceptors (Lipinski definition) is 3. The van der Waals surface area contributed by atoms with Crippen LogP contribution in [-0.4, -0.2) is 14.5 Å². The van der Waals surface area contributed by atoms with E-state index in [1.165, 1.54) is 44.5 Å². The number of rotatable bonds is 3. The zero-order valence-corrected chi connectivity index (χ0v) is 31.8. The molecule has 0 amide bonds. The minimum absolute atomic E-state index is 0.601. The first kappa shape index (κ1) is 32.3. The van der Waals surface area contributed by atoms with Gasteiger partial charge in [0, 0.05) is 27.9 Å². The van der Waals surface area contributed by atoms with Crippen molar-refractivity contribution in [3.05, 3.63) is 222 Å². The average molecular weight is 752 g/mol. The SMILES string of the molecule is C1=Cc2ccc(-c3ccc4c(c3)c3nc(-c5ccccc5)ccc3n4-c3ccccn3)cc2C2(c3ccccc31)c1ccccc1-c1cc3c(cc12)oc1ccccc13. The lowest BCUT2D eigenvalue weighted by molar-refractivity contribution is 0.666. The zero-order valence-electron chi connectivity index (χ0n) is 31.8. The summed E-state index contributed by atoms with van der Waals surface area (Å²) in [5.41, 5.74) is 18.5. The van der Waals surface area contributed by atoms with Gasteiger partial charge in [-0.3, -0.25) is 4.57 Å². The molecule has 0 saturated carbocycles. The Labute approximate surface area is 340 Å². The van der Waals surface area contributed by atoms with E-state index in [9.17, 15) is 0 Å². The van der Waals surface area contributed by atoms with Gasteiger partial charge < -0.3 is 4.42 Å². The normalized spacial score (nSPS) is 15.1. The third-order valence-electron chi connectivity index (χ3n) is 12.7. The first-order chi connectivity index (χ1) is 29.2. The van der Waals surface area contributed by atoms with Crippen LogP contribution in [0.25, 0.3) is 95.4 Å². The Morgan fingerprint density at radius 1 is 0.441 bits per heavy atom. The minimum Gasteiger partial charge on any atom is -0.456 e. The fourth-order valence-corrected chi connectivity index (χ4v) is 10.2. The molecular formula is C55H33N3O. The van der Waals surface area contributed by atoms with Gasteiger partial charge in [-0.25, -0.2) is 9.97 Å². The third-order valence-corrected chi connectivity index (χ3v) is 12.7. The van der Waals surface area contributed by atoms with Gasteiger partial charge in [0.25, 0.3) is 0 Å². The van der Waals surface area contributed by atoms with E-state index in [1.807, 2.05) is 30.5 Å². The van der Waals surface area contributed by atoms with E-state index in [4.69, 9.17) is 14.4 Å². The van der Waals surface area contributed by atoms with Gasteiger partial charge >= 0.3 is 0 Å². The summed E-state index contributed by atoms with van der Waals surface area (Å²) in [5, 5.41) is 3.36. The molecule has 0 radical (unpaired) electrons. The molecule has 0 bridgehead atoms. The molecule has 2 aliphatic carbocycles. The van der Waals surface area contributed by atoms with Crippen LogP contribution in [0.5, 0.6) is 0 Å². The van der Waals surface area contributed by atoms with Crippen molar-refractivity contribution in [1.29, 1.82) is 0 Å². The van der Waals surface area contributed by atoms with E-state index >= 15 is 0 Å². The summed E-state index contributed by atoms with van der Waals surface area (Å²) in [6.07, 6.45) is 6.44. The lowest BCUT2D eigenvalue weighted by Gasteiger charge is -2.35. The fraction of sp³-hybridized carbons (Fsp3) is 0.0182. The molecule has 0 fully saturated rings. The summed E-state index contributed by atoms with van der Waals surface area (Å²) < 4.78 is 8.86. The van der Waals surface area contributed by atoms with Crippen LogP contribution < -0.4 is 0 Å². The summed E-state index contributed by atoms with van der Waals surface area (Å²) in [7, 11) is 0.